The van der Waals surface area contributed by atoms with Gasteiger partial charge in [-0.25, -0.2) is 0 Å². The molecule has 0 heterocycles. The summed E-state index contributed by atoms with van der Waals surface area (Å²) in [6.45, 7) is 4.23. The average Bonchev–Trinajstić information content (AvgIpc) is 2.52. The van der Waals surface area contributed by atoms with Crippen molar-refractivity contribution in [2.45, 2.75) is 122 Å². The smallest absolute Gasteiger partial charge is 0.267 e. The predicted molar refractivity (Wildman–Crippen MR) is 102 cm³/mol. The predicted octanol–water partition coefficient (Wildman–Crippen LogP) is 5.50. The summed E-state index contributed by atoms with van der Waals surface area (Å²) in [6, 6.07) is 0. The second-order valence-corrected chi connectivity index (χ2v) is 8.82. The Kier molecular flexibility index (Phi) is 15.1. The molecule has 0 saturated carbocycles. The summed E-state index contributed by atoms with van der Waals surface area (Å²) < 4.78 is 31.9. The Labute approximate surface area is 150 Å². The molecule has 0 saturated heterocycles. The van der Waals surface area contributed by atoms with E-state index in [4.69, 9.17) is 0 Å². The van der Waals surface area contributed by atoms with Gasteiger partial charge in [0.05, 0.1) is 11.4 Å². The van der Waals surface area contributed by atoms with Gasteiger partial charge in [0, 0.05) is 0 Å². The molecular formula is C19H40O4S. The van der Waals surface area contributed by atoms with Crippen molar-refractivity contribution in [2.75, 3.05) is 0 Å². The molecule has 0 amide bonds. The van der Waals surface area contributed by atoms with E-state index in [1.165, 1.54) is 32.1 Å². The van der Waals surface area contributed by atoms with Crippen LogP contribution in [0.4, 0.5) is 0 Å². The van der Waals surface area contributed by atoms with E-state index in [1.54, 1.807) is 0 Å². The lowest BCUT2D eigenvalue weighted by atomic mass is 10.0. The van der Waals surface area contributed by atoms with Crippen LogP contribution >= 0.6 is 0 Å². The van der Waals surface area contributed by atoms with E-state index in [0.717, 1.165) is 51.4 Å². The molecular weight excluding hydrogens is 324 g/mol. The summed E-state index contributed by atoms with van der Waals surface area (Å²) >= 11 is 0. The zero-order valence-electron chi connectivity index (χ0n) is 15.9. The van der Waals surface area contributed by atoms with Crippen molar-refractivity contribution in [3.05, 3.63) is 0 Å². The molecule has 0 rings (SSSR count). The van der Waals surface area contributed by atoms with Crippen LogP contribution in [0.5, 0.6) is 0 Å². The van der Waals surface area contributed by atoms with Crippen molar-refractivity contribution in [1.82, 2.24) is 0 Å². The highest BCUT2D eigenvalue weighted by Gasteiger charge is 2.21. The molecule has 0 bridgehead atoms. The van der Waals surface area contributed by atoms with Crippen LogP contribution in [0.15, 0.2) is 0 Å². The number of aliphatic hydroxyl groups is 1. The van der Waals surface area contributed by atoms with Gasteiger partial charge in [0.25, 0.3) is 10.1 Å². The van der Waals surface area contributed by atoms with E-state index in [-0.39, 0.29) is 6.10 Å². The minimum absolute atomic E-state index is 0.214. The van der Waals surface area contributed by atoms with E-state index in [0.29, 0.717) is 12.8 Å². The van der Waals surface area contributed by atoms with Crippen LogP contribution in [-0.2, 0) is 10.1 Å². The van der Waals surface area contributed by atoms with Crippen molar-refractivity contribution in [1.29, 1.82) is 0 Å². The number of hydrogen-bond donors (Lipinski definition) is 2. The van der Waals surface area contributed by atoms with Gasteiger partial charge in [0.15, 0.2) is 0 Å². The van der Waals surface area contributed by atoms with Crippen LogP contribution in [0.3, 0.4) is 0 Å². The summed E-state index contributed by atoms with van der Waals surface area (Å²) in [4.78, 5) is 0. The fourth-order valence-electron chi connectivity index (χ4n) is 3.11. The lowest BCUT2D eigenvalue weighted by Gasteiger charge is -2.14. The van der Waals surface area contributed by atoms with E-state index in [2.05, 4.69) is 6.92 Å². The first-order valence-corrected chi connectivity index (χ1v) is 11.6. The van der Waals surface area contributed by atoms with Gasteiger partial charge < -0.3 is 5.11 Å². The van der Waals surface area contributed by atoms with Crippen molar-refractivity contribution < 1.29 is 18.1 Å². The van der Waals surface area contributed by atoms with Crippen molar-refractivity contribution in [3.8, 4) is 0 Å². The monoisotopic (exact) mass is 364 g/mol. The van der Waals surface area contributed by atoms with Gasteiger partial charge in [0.1, 0.15) is 0 Å². The average molecular weight is 365 g/mol. The highest BCUT2D eigenvalue weighted by atomic mass is 32.2. The molecule has 0 aliphatic carbocycles. The van der Waals surface area contributed by atoms with E-state index < -0.39 is 15.4 Å². The van der Waals surface area contributed by atoms with Gasteiger partial charge in [-0.15, -0.1) is 0 Å². The molecule has 0 spiro atoms. The Hall–Kier alpha value is -0.130. The second kappa shape index (κ2) is 15.2. The molecule has 2 unspecified atom stereocenters. The minimum atomic E-state index is -3.91. The third kappa shape index (κ3) is 14.2. The number of aliphatic hydroxyl groups excluding tert-OH is 1. The quantitative estimate of drug-likeness (QED) is 0.264. The van der Waals surface area contributed by atoms with Gasteiger partial charge in [-0.05, 0) is 25.7 Å². The van der Waals surface area contributed by atoms with Crippen LogP contribution in [-0.4, -0.2) is 29.4 Å². The highest BCUT2D eigenvalue weighted by Crippen LogP contribution is 2.18. The topological polar surface area (TPSA) is 74.6 Å². The first kappa shape index (κ1) is 23.9. The minimum Gasteiger partial charge on any atom is -0.393 e. The molecule has 0 radical (unpaired) electrons. The summed E-state index contributed by atoms with van der Waals surface area (Å²) in [5.74, 6) is 0. The molecule has 2 N–H and O–H groups in total. The van der Waals surface area contributed by atoms with Gasteiger partial charge in [0.2, 0.25) is 0 Å². The normalized spacial score (nSPS) is 14.7. The van der Waals surface area contributed by atoms with E-state index >= 15 is 0 Å². The third-order valence-corrected chi connectivity index (χ3v) is 6.07. The van der Waals surface area contributed by atoms with Gasteiger partial charge in [-0.1, -0.05) is 84.5 Å². The fraction of sp³-hybridized carbons (Fsp3) is 1.00. The van der Waals surface area contributed by atoms with E-state index in [1.807, 2.05) is 6.92 Å². The molecule has 0 aromatic heterocycles. The Bertz CT molecular complexity index is 368. The molecule has 24 heavy (non-hydrogen) atoms. The maximum atomic E-state index is 11.3. The molecule has 0 aliphatic heterocycles. The van der Waals surface area contributed by atoms with Gasteiger partial charge in [-0.3, -0.25) is 4.55 Å². The highest BCUT2D eigenvalue weighted by molar-refractivity contribution is 7.86. The molecule has 0 aromatic rings. The Morgan fingerprint density at radius 3 is 1.62 bits per heavy atom. The van der Waals surface area contributed by atoms with Crippen LogP contribution in [0.2, 0.25) is 0 Å². The largest absolute Gasteiger partial charge is 0.393 e. The molecule has 0 aliphatic rings. The molecule has 0 fully saturated rings. The van der Waals surface area contributed by atoms with Crippen LogP contribution in [0, 0.1) is 0 Å². The summed E-state index contributed by atoms with van der Waals surface area (Å²) in [5.41, 5.74) is 0. The lowest BCUT2D eigenvalue weighted by molar-refractivity contribution is 0.147. The molecule has 4 nitrogen and oxygen atoms in total. The lowest BCUT2D eigenvalue weighted by Crippen LogP contribution is -2.20. The zero-order valence-corrected chi connectivity index (χ0v) is 16.7. The summed E-state index contributed by atoms with van der Waals surface area (Å²) in [5, 5.41) is 9.36. The molecule has 5 heteroatoms. The second-order valence-electron chi connectivity index (χ2n) is 7.13. The van der Waals surface area contributed by atoms with Gasteiger partial charge >= 0.3 is 0 Å². The fourth-order valence-corrected chi connectivity index (χ4v) is 4.04. The first-order chi connectivity index (χ1) is 11.4. The Balaban J connectivity index is 3.65. The number of unbranched alkanes of at least 4 members (excludes halogenated alkanes) is 8. The van der Waals surface area contributed by atoms with E-state index in [9.17, 15) is 18.1 Å². The molecule has 2 atom stereocenters. The molecule has 0 aromatic carbocycles. The standard InChI is InChI=1S/C19H40O4S/c1-3-5-7-8-9-11-14-18(20)15-12-10-13-17-19(16-6-4-2)24(21,22)23/h18-20H,3-17H2,1-2H3,(H,21,22,23). The van der Waals surface area contributed by atoms with Crippen LogP contribution in [0.1, 0.15) is 110 Å². The van der Waals surface area contributed by atoms with Crippen molar-refractivity contribution in [2.24, 2.45) is 0 Å². The third-order valence-electron chi connectivity index (χ3n) is 4.76. The number of hydrogen-bond acceptors (Lipinski definition) is 3. The van der Waals surface area contributed by atoms with Crippen LogP contribution < -0.4 is 0 Å². The molecule has 146 valence electrons. The Morgan fingerprint density at radius 2 is 1.08 bits per heavy atom. The number of rotatable bonds is 17. The maximum Gasteiger partial charge on any atom is 0.267 e. The zero-order chi connectivity index (χ0) is 18.3. The summed E-state index contributed by atoms with van der Waals surface area (Å²) in [6.07, 6.45) is 14.5. The van der Waals surface area contributed by atoms with Gasteiger partial charge in [-0.2, -0.15) is 8.42 Å². The first-order valence-electron chi connectivity index (χ1n) is 10.1. The maximum absolute atomic E-state index is 11.3. The summed E-state index contributed by atoms with van der Waals surface area (Å²) in [7, 11) is -3.91. The van der Waals surface area contributed by atoms with Crippen LogP contribution in [0.25, 0.3) is 0 Å². The SMILES string of the molecule is CCCCCCCCC(O)CCCCCC(CCCC)S(=O)(=O)O. The van der Waals surface area contributed by atoms with Crippen molar-refractivity contribution in [3.63, 3.8) is 0 Å². The Morgan fingerprint density at radius 1 is 0.667 bits per heavy atom. The van der Waals surface area contributed by atoms with Crippen molar-refractivity contribution >= 4 is 10.1 Å².